The Morgan fingerprint density at radius 1 is 1.28 bits per heavy atom. The summed E-state index contributed by atoms with van der Waals surface area (Å²) >= 11 is 0. The number of carbonyl (C=O) groups is 1. The number of hydrogen-bond acceptors (Lipinski definition) is 4. The van der Waals surface area contributed by atoms with Crippen LogP contribution in [0.5, 0.6) is 0 Å². The average Bonchev–Trinajstić information content (AvgIpc) is 3.13. The molecule has 1 N–H and O–H groups in total. The topological polar surface area (TPSA) is 74.5 Å². The summed E-state index contributed by atoms with van der Waals surface area (Å²) in [6.07, 6.45) is 6.41. The number of anilines is 2. The maximum absolute atomic E-state index is 11.1. The van der Waals surface area contributed by atoms with E-state index in [4.69, 9.17) is 5.11 Å². The molecule has 3 heterocycles. The van der Waals surface area contributed by atoms with E-state index in [1.807, 2.05) is 30.9 Å². The van der Waals surface area contributed by atoms with Crippen molar-refractivity contribution in [3.05, 3.63) is 54.0 Å². The fourth-order valence-corrected chi connectivity index (χ4v) is 3.83. The largest absolute Gasteiger partial charge is 0.465 e. The van der Waals surface area contributed by atoms with Gasteiger partial charge in [0.25, 0.3) is 0 Å². The van der Waals surface area contributed by atoms with Crippen LogP contribution in [-0.4, -0.2) is 50.8 Å². The van der Waals surface area contributed by atoms with Gasteiger partial charge >= 0.3 is 6.09 Å². The molecule has 0 atom stereocenters. The van der Waals surface area contributed by atoms with Crippen molar-refractivity contribution in [1.29, 1.82) is 0 Å². The van der Waals surface area contributed by atoms with Gasteiger partial charge in [-0.15, -0.1) is 0 Å². The highest BCUT2D eigenvalue weighted by atomic mass is 16.4. The van der Waals surface area contributed by atoms with E-state index in [0.29, 0.717) is 13.1 Å². The normalized spacial score (nSPS) is 14.2. The summed E-state index contributed by atoms with van der Waals surface area (Å²) in [6, 6.07) is 8.53. The van der Waals surface area contributed by atoms with E-state index in [2.05, 4.69) is 46.1 Å². The number of rotatable bonds is 4. The number of amides is 1. The van der Waals surface area contributed by atoms with Crippen molar-refractivity contribution in [2.75, 3.05) is 25.0 Å². The van der Waals surface area contributed by atoms with Gasteiger partial charge in [0.1, 0.15) is 11.3 Å². The van der Waals surface area contributed by atoms with Crippen molar-refractivity contribution >= 4 is 34.2 Å². The Balaban J connectivity index is 1.64. The minimum absolute atomic E-state index is 0.447. The molecular formula is C22H25N5O2. The molecule has 0 saturated carbocycles. The molecule has 1 aromatic carbocycles. The van der Waals surface area contributed by atoms with Gasteiger partial charge in [0.15, 0.2) is 0 Å². The van der Waals surface area contributed by atoms with Crippen LogP contribution in [0.2, 0.25) is 0 Å². The lowest BCUT2D eigenvalue weighted by atomic mass is 9.96. The molecule has 7 nitrogen and oxygen atoms in total. The van der Waals surface area contributed by atoms with Crippen molar-refractivity contribution in [2.24, 2.45) is 7.05 Å². The molecule has 0 unspecified atom stereocenters. The molecule has 1 amide bonds. The first-order valence-electron chi connectivity index (χ1n) is 9.79. The van der Waals surface area contributed by atoms with Crippen LogP contribution in [0.1, 0.15) is 24.5 Å². The van der Waals surface area contributed by atoms with Crippen LogP contribution in [0, 0.1) is 0 Å². The smallest absolute Gasteiger partial charge is 0.407 e. The summed E-state index contributed by atoms with van der Waals surface area (Å²) in [5.41, 5.74) is 6.66. The number of carboxylic acid groups (broad SMARTS) is 1. The maximum atomic E-state index is 11.1. The van der Waals surface area contributed by atoms with Gasteiger partial charge in [-0.25, -0.2) is 14.8 Å². The summed E-state index contributed by atoms with van der Waals surface area (Å²) in [5, 5.41) is 9.13. The maximum Gasteiger partial charge on any atom is 0.407 e. The lowest BCUT2D eigenvalue weighted by molar-refractivity contribution is 0.150. The molecular weight excluding hydrogens is 366 g/mol. The Morgan fingerprint density at radius 3 is 2.79 bits per heavy atom. The summed E-state index contributed by atoms with van der Waals surface area (Å²) in [5.74, 6) is 0.873. The van der Waals surface area contributed by atoms with Crippen LogP contribution < -0.4 is 4.90 Å². The second-order valence-electron chi connectivity index (χ2n) is 7.35. The van der Waals surface area contributed by atoms with Crippen molar-refractivity contribution in [3.8, 4) is 0 Å². The Morgan fingerprint density at radius 2 is 2.10 bits per heavy atom. The van der Waals surface area contributed by atoms with Crippen LogP contribution >= 0.6 is 0 Å². The fourth-order valence-electron chi connectivity index (χ4n) is 3.83. The van der Waals surface area contributed by atoms with Crippen LogP contribution in [0.25, 0.3) is 16.6 Å². The first-order chi connectivity index (χ1) is 14.0. The van der Waals surface area contributed by atoms with Gasteiger partial charge in [-0.05, 0) is 41.7 Å². The van der Waals surface area contributed by atoms with Gasteiger partial charge in [0, 0.05) is 38.9 Å². The van der Waals surface area contributed by atoms with Crippen molar-refractivity contribution in [2.45, 2.75) is 19.8 Å². The van der Waals surface area contributed by atoms with Gasteiger partial charge < -0.3 is 19.5 Å². The molecule has 2 aromatic heterocycles. The molecule has 0 fully saturated rings. The van der Waals surface area contributed by atoms with Gasteiger partial charge in [-0.3, -0.25) is 0 Å². The molecule has 0 saturated heterocycles. The molecule has 3 aromatic rings. The van der Waals surface area contributed by atoms with E-state index < -0.39 is 6.09 Å². The highest BCUT2D eigenvalue weighted by Crippen LogP contribution is 2.32. The van der Waals surface area contributed by atoms with E-state index in [-0.39, 0.29) is 0 Å². The number of imidazole rings is 1. The van der Waals surface area contributed by atoms with Crippen LogP contribution in [-0.2, 0) is 13.5 Å². The highest BCUT2D eigenvalue weighted by Gasteiger charge is 2.18. The first kappa shape index (κ1) is 19.0. The third-order valence-electron chi connectivity index (χ3n) is 5.61. The molecule has 0 radical (unpaired) electrons. The van der Waals surface area contributed by atoms with Crippen molar-refractivity contribution in [1.82, 2.24) is 19.4 Å². The van der Waals surface area contributed by atoms with Gasteiger partial charge in [0.05, 0.1) is 18.0 Å². The Kier molecular flexibility index (Phi) is 4.96. The summed E-state index contributed by atoms with van der Waals surface area (Å²) in [7, 11) is 4.01. The predicted octanol–water partition coefficient (Wildman–Crippen LogP) is 4.07. The van der Waals surface area contributed by atoms with E-state index in [9.17, 15) is 4.79 Å². The SMILES string of the molecule is CCc1cc(C2=CCN(C(=O)O)CC2)ccc1N(C)c1cc2c(cn1)ncn2C. The molecule has 0 bridgehead atoms. The molecule has 29 heavy (non-hydrogen) atoms. The first-order valence-corrected chi connectivity index (χ1v) is 9.79. The second kappa shape index (κ2) is 7.58. The van der Waals surface area contributed by atoms with Gasteiger partial charge in [0.2, 0.25) is 0 Å². The second-order valence-corrected chi connectivity index (χ2v) is 7.35. The Labute approximate surface area is 169 Å². The molecule has 0 spiro atoms. The van der Waals surface area contributed by atoms with Gasteiger partial charge in [-0.1, -0.05) is 19.1 Å². The average molecular weight is 391 g/mol. The minimum Gasteiger partial charge on any atom is -0.465 e. The molecule has 0 aliphatic carbocycles. The molecule has 1 aliphatic rings. The molecule has 1 aliphatic heterocycles. The van der Waals surface area contributed by atoms with Gasteiger partial charge in [-0.2, -0.15) is 0 Å². The number of hydrogen-bond donors (Lipinski definition) is 1. The van der Waals surface area contributed by atoms with Crippen LogP contribution in [0.3, 0.4) is 0 Å². The number of nitrogens with zero attached hydrogens (tertiary/aromatic N) is 5. The fraction of sp³-hybridized carbons (Fsp3) is 0.318. The van der Waals surface area contributed by atoms with Crippen molar-refractivity contribution < 1.29 is 9.90 Å². The standard InChI is InChI=1S/C22H25N5O2/c1-4-15-11-17(16-7-9-27(10-8-16)22(28)29)5-6-19(15)26(3)21-12-20-18(13-23-21)24-14-25(20)2/h5-7,11-14H,4,8-10H2,1-3H3,(H,28,29). The number of fused-ring (bicyclic) bond motifs is 1. The summed E-state index contributed by atoms with van der Waals surface area (Å²) < 4.78 is 1.99. The number of aromatic nitrogens is 3. The zero-order valence-electron chi connectivity index (χ0n) is 17.0. The Hall–Kier alpha value is -3.35. The Bertz CT molecular complexity index is 1100. The number of aryl methyl sites for hydroxylation is 2. The minimum atomic E-state index is -0.857. The predicted molar refractivity (Wildman–Crippen MR) is 115 cm³/mol. The third-order valence-corrected chi connectivity index (χ3v) is 5.61. The number of pyridine rings is 1. The van der Waals surface area contributed by atoms with Crippen LogP contribution in [0.15, 0.2) is 42.9 Å². The summed E-state index contributed by atoms with van der Waals surface area (Å²) in [4.78, 5) is 23.6. The van der Waals surface area contributed by atoms with E-state index in [1.54, 1.807) is 6.33 Å². The van der Waals surface area contributed by atoms with Crippen LogP contribution in [0.4, 0.5) is 16.3 Å². The lowest BCUT2D eigenvalue weighted by Gasteiger charge is -2.25. The monoisotopic (exact) mass is 391 g/mol. The zero-order chi connectivity index (χ0) is 20.5. The zero-order valence-corrected chi connectivity index (χ0v) is 17.0. The third kappa shape index (κ3) is 3.55. The lowest BCUT2D eigenvalue weighted by Crippen LogP contribution is -2.33. The molecule has 4 rings (SSSR count). The quantitative estimate of drug-likeness (QED) is 0.726. The molecule has 150 valence electrons. The molecule has 7 heteroatoms. The summed E-state index contributed by atoms with van der Waals surface area (Å²) in [6.45, 7) is 3.14. The van der Waals surface area contributed by atoms with E-state index in [0.717, 1.165) is 35.4 Å². The number of benzene rings is 1. The highest BCUT2D eigenvalue weighted by molar-refractivity contribution is 5.80. The van der Waals surface area contributed by atoms with E-state index >= 15 is 0 Å². The van der Waals surface area contributed by atoms with E-state index in [1.165, 1.54) is 21.6 Å². The van der Waals surface area contributed by atoms with Crippen molar-refractivity contribution in [3.63, 3.8) is 0 Å².